The van der Waals surface area contributed by atoms with E-state index in [0.717, 1.165) is 11.3 Å². The number of anilines is 3. The van der Waals surface area contributed by atoms with Gasteiger partial charge in [0.2, 0.25) is 5.95 Å². The van der Waals surface area contributed by atoms with Gasteiger partial charge in [-0.3, -0.25) is 4.79 Å². The molecule has 0 saturated heterocycles. The lowest BCUT2D eigenvalue weighted by molar-refractivity contribution is 0.0989. The van der Waals surface area contributed by atoms with Crippen LogP contribution in [0, 0.1) is 0 Å². The van der Waals surface area contributed by atoms with Crippen molar-refractivity contribution in [1.82, 2.24) is 25.0 Å². The number of rotatable bonds is 8. The molecular formula is C22H27N9O3. The minimum absolute atomic E-state index is 0.142. The van der Waals surface area contributed by atoms with Crippen LogP contribution in [0.4, 0.5) is 22.2 Å². The van der Waals surface area contributed by atoms with E-state index in [9.17, 15) is 9.59 Å². The lowest BCUT2D eigenvalue weighted by Gasteiger charge is -2.21. The minimum Gasteiger partial charge on any atom is -0.449 e. The molecule has 2 aromatic heterocycles. The third-order valence-corrected chi connectivity index (χ3v) is 5.36. The number of aromatic nitrogens is 5. The first kappa shape index (κ1) is 23.0. The topological polar surface area (TPSA) is 144 Å². The van der Waals surface area contributed by atoms with Crippen LogP contribution in [0.5, 0.6) is 0 Å². The maximum Gasteiger partial charge on any atom is 0.404 e. The molecule has 12 heteroatoms. The molecule has 2 amide bonds. The zero-order valence-corrected chi connectivity index (χ0v) is 19.1. The van der Waals surface area contributed by atoms with Crippen LogP contribution in [0.15, 0.2) is 36.7 Å². The Hall–Kier alpha value is -4.22. The van der Waals surface area contributed by atoms with Gasteiger partial charge in [-0.05, 0) is 24.6 Å². The predicted molar refractivity (Wildman–Crippen MR) is 126 cm³/mol. The first-order valence-electron chi connectivity index (χ1n) is 11.0. The van der Waals surface area contributed by atoms with Crippen LogP contribution in [0.3, 0.4) is 0 Å². The Labute approximate surface area is 196 Å². The summed E-state index contributed by atoms with van der Waals surface area (Å²) in [5.74, 6) is 0.979. The Morgan fingerprint density at radius 1 is 1.29 bits per heavy atom. The van der Waals surface area contributed by atoms with Gasteiger partial charge in [0, 0.05) is 51.2 Å². The smallest absolute Gasteiger partial charge is 0.404 e. The van der Waals surface area contributed by atoms with Gasteiger partial charge in [-0.15, -0.1) is 5.10 Å². The van der Waals surface area contributed by atoms with E-state index >= 15 is 0 Å². The first-order valence-corrected chi connectivity index (χ1v) is 11.0. The Bertz CT molecular complexity index is 1180. The minimum atomic E-state index is -0.814. The lowest BCUT2D eigenvalue weighted by atomic mass is 10.1. The molecule has 178 valence electrons. The number of amides is 2. The van der Waals surface area contributed by atoms with Gasteiger partial charge < -0.3 is 25.6 Å². The summed E-state index contributed by atoms with van der Waals surface area (Å²) >= 11 is 0. The zero-order valence-electron chi connectivity index (χ0n) is 19.1. The molecule has 3 aromatic rings. The molecule has 1 aromatic carbocycles. The third kappa shape index (κ3) is 5.22. The number of nitrogens with zero attached hydrogens (tertiary/aromatic N) is 7. The molecular weight excluding hydrogens is 438 g/mol. The van der Waals surface area contributed by atoms with Crippen molar-refractivity contribution in [3.05, 3.63) is 53.5 Å². The van der Waals surface area contributed by atoms with Crippen LogP contribution >= 0.6 is 0 Å². The highest BCUT2D eigenvalue weighted by Gasteiger charge is 2.28. The second kappa shape index (κ2) is 10.1. The lowest BCUT2D eigenvalue weighted by Crippen LogP contribution is -2.33. The number of primary amides is 1. The van der Waals surface area contributed by atoms with Gasteiger partial charge in [0.1, 0.15) is 11.4 Å². The molecule has 3 heterocycles. The highest BCUT2D eigenvalue weighted by atomic mass is 16.5. The maximum atomic E-state index is 13.4. The molecule has 34 heavy (non-hydrogen) atoms. The van der Waals surface area contributed by atoms with Crippen LogP contribution in [0.1, 0.15) is 28.5 Å². The second-order valence-electron chi connectivity index (χ2n) is 7.83. The number of carbonyl (C=O) groups excluding carboxylic acids is 2. The van der Waals surface area contributed by atoms with Crippen LogP contribution in [-0.2, 0) is 17.7 Å². The van der Waals surface area contributed by atoms with E-state index in [0.29, 0.717) is 55.6 Å². The molecule has 4 rings (SSSR count). The zero-order chi connectivity index (χ0) is 24.1. The predicted octanol–water partition coefficient (Wildman–Crippen LogP) is 1.28. The molecule has 0 atom stereocenters. The fourth-order valence-corrected chi connectivity index (χ4v) is 3.70. The van der Waals surface area contributed by atoms with Crippen molar-refractivity contribution >= 4 is 29.5 Å². The van der Waals surface area contributed by atoms with Gasteiger partial charge in [-0.25, -0.2) is 14.5 Å². The summed E-state index contributed by atoms with van der Waals surface area (Å²) in [6.45, 7) is 4.44. The first-order chi connectivity index (χ1) is 16.4. The quantitative estimate of drug-likeness (QED) is 0.502. The van der Waals surface area contributed by atoms with Crippen molar-refractivity contribution < 1.29 is 14.3 Å². The summed E-state index contributed by atoms with van der Waals surface area (Å²) in [5, 5.41) is 11.3. The number of hydrogen-bond acceptors (Lipinski definition) is 9. The van der Waals surface area contributed by atoms with Crippen molar-refractivity contribution in [1.29, 1.82) is 0 Å². The van der Waals surface area contributed by atoms with Gasteiger partial charge in [0.15, 0.2) is 0 Å². The van der Waals surface area contributed by atoms with E-state index in [4.69, 9.17) is 10.5 Å². The van der Waals surface area contributed by atoms with Crippen molar-refractivity contribution in [2.24, 2.45) is 5.73 Å². The van der Waals surface area contributed by atoms with Gasteiger partial charge in [-0.1, -0.05) is 17.3 Å². The number of likely N-dealkylation sites (N-methyl/N-ethyl adjacent to an activating group) is 1. The Morgan fingerprint density at radius 3 is 2.94 bits per heavy atom. The number of fused-ring (bicyclic) bond motifs is 1. The van der Waals surface area contributed by atoms with Crippen molar-refractivity contribution in [2.45, 2.75) is 19.9 Å². The normalized spacial score (nSPS) is 13.4. The summed E-state index contributed by atoms with van der Waals surface area (Å²) in [7, 11) is 1.92. The molecule has 0 bridgehead atoms. The number of carbonyl (C=O) groups is 2. The number of ether oxygens (including phenoxy) is 1. The maximum absolute atomic E-state index is 13.4. The molecule has 0 spiro atoms. The van der Waals surface area contributed by atoms with Crippen LogP contribution in [-0.4, -0.2) is 70.3 Å². The molecule has 0 unspecified atom stereocenters. The van der Waals surface area contributed by atoms with Crippen molar-refractivity contribution in [2.75, 3.05) is 48.4 Å². The Balaban J connectivity index is 1.50. The van der Waals surface area contributed by atoms with Gasteiger partial charge in [0.05, 0.1) is 18.8 Å². The largest absolute Gasteiger partial charge is 0.449 e. The van der Waals surface area contributed by atoms with Gasteiger partial charge in [-0.2, -0.15) is 4.98 Å². The Kier molecular flexibility index (Phi) is 6.85. The fourth-order valence-electron chi connectivity index (χ4n) is 3.70. The standard InChI is InChI=1S/C22H27N9O3/c1-3-24-22-25-12-18-19(26-22)29(2)8-9-31(20(18)32)17-6-4-5-15(11-17)13-30-14-16(27-28-30)7-10-34-21(23)33/h4-6,11-12,14H,3,7-10,13H2,1-2H3,(H2,23,33)(H,24,25,26). The monoisotopic (exact) mass is 465 g/mol. The van der Waals surface area contributed by atoms with E-state index < -0.39 is 6.09 Å². The summed E-state index contributed by atoms with van der Waals surface area (Å²) < 4.78 is 6.43. The van der Waals surface area contributed by atoms with Crippen molar-refractivity contribution in [3.8, 4) is 0 Å². The highest BCUT2D eigenvalue weighted by Crippen LogP contribution is 2.27. The SMILES string of the molecule is CCNc1ncc2c(n1)N(C)CCN(c1cccc(Cn3cc(CCOC(N)=O)nn3)c1)C2=O. The summed E-state index contributed by atoms with van der Waals surface area (Å²) in [6.07, 6.45) is 2.99. The van der Waals surface area contributed by atoms with Crippen LogP contribution < -0.4 is 20.9 Å². The fraction of sp³-hybridized carbons (Fsp3) is 0.364. The summed E-state index contributed by atoms with van der Waals surface area (Å²) in [5.41, 5.74) is 7.88. The van der Waals surface area contributed by atoms with Gasteiger partial charge in [0.25, 0.3) is 5.91 Å². The van der Waals surface area contributed by atoms with Crippen LogP contribution in [0.25, 0.3) is 0 Å². The molecule has 0 fully saturated rings. The molecule has 1 aliphatic heterocycles. The summed E-state index contributed by atoms with van der Waals surface area (Å²) in [4.78, 5) is 36.6. The summed E-state index contributed by atoms with van der Waals surface area (Å²) in [6, 6.07) is 7.76. The van der Waals surface area contributed by atoms with E-state index in [1.54, 1.807) is 22.0 Å². The average Bonchev–Trinajstić information content (AvgIpc) is 3.21. The molecule has 1 aliphatic rings. The van der Waals surface area contributed by atoms with E-state index in [-0.39, 0.29) is 12.5 Å². The third-order valence-electron chi connectivity index (χ3n) is 5.36. The molecule has 3 N–H and O–H groups in total. The van der Waals surface area contributed by atoms with E-state index in [1.165, 1.54) is 0 Å². The molecule has 12 nitrogen and oxygen atoms in total. The molecule has 0 radical (unpaired) electrons. The number of nitrogens with two attached hydrogens (primary N) is 1. The second-order valence-corrected chi connectivity index (χ2v) is 7.83. The van der Waals surface area contributed by atoms with Crippen LogP contribution in [0.2, 0.25) is 0 Å². The number of hydrogen-bond donors (Lipinski definition) is 2. The Morgan fingerprint density at radius 2 is 2.15 bits per heavy atom. The van der Waals surface area contributed by atoms with Gasteiger partial charge >= 0.3 is 6.09 Å². The van der Waals surface area contributed by atoms with Crippen molar-refractivity contribution in [3.63, 3.8) is 0 Å². The highest BCUT2D eigenvalue weighted by molar-refractivity contribution is 6.09. The van der Waals surface area contributed by atoms with E-state index in [2.05, 4.69) is 25.6 Å². The number of benzene rings is 1. The average molecular weight is 466 g/mol. The number of nitrogens with one attached hydrogen (secondary N) is 1. The van der Waals surface area contributed by atoms with E-state index in [1.807, 2.05) is 43.1 Å². The molecule has 0 saturated carbocycles. The molecule has 0 aliphatic carbocycles.